The van der Waals surface area contributed by atoms with Crippen molar-refractivity contribution in [2.24, 2.45) is 0 Å². The zero-order chi connectivity index (χ0) is 14.4. The molecule has 0 saturated carbocycles. The molecule has 1 aromatic carbocycles. The van der Waals surface area contributed by atoms with E-state index < -0.39 is 0 Å². The van der Waals surface area contributed by atoms with Crippen LogP contribution in [0.2, 0.25) is 0 Å². The maximum Gasteiger partial charge on any atom is 0.162 e. The fourth-order valence-electron chi connectivity index (χ4n) is 2.37. The van der Waals surface area contributed by atoms with E-state index in [1.54, 1.807) is 0 Å². The number of ketones is 1. The molecule has 1 atom stereocenters. The second-order valence-corrected chi connectivity index (χ2v) is 5.04. The van der Waals surface area contributed by atoms with E-state index in [1.807, 2.05) is 31.2 Å². The van der Waals surface area contributed by atoms with Crippen LogP contribution >= 0.6 is 0 Å². The van der Waals surface area contributed by atoms with E-state index in [-0.39, 0.29) is 11.9 Å². The van der Waals surface area contributed by atoms with Crippen LogP contribution in [0.5, 0.6) is 5.75 Å². The number of hydrogen-bond acceptors (Lipinski definition) is 3. The van der Waals surface area contributed by atoms with Gasteiger partial charge in [-0.05, 0) is 43.0 Å². The highest BCUT2D eigenvalue weighted by atomic mass is 16.5. The number of hydrogen-bond donors (Lipinski definition) is 0. The Morgan fingerprint density at radius 3 is 3.05 bits per heavy atom. The molecule has 0 radical (unpaired) electrons. The molecule has 1 heterocycles. The first-order chi connectivity index (χ1) is 9.74. The molecule has 0 spiro atoms. The van der Waals surface area contributed by atoms with Gasteiger partial charge in [-0.15, -0.1) is 6.58 Å². The molecule has 1 unspecified atom stereocenters. The summed E-state index contributed by atoms with van der Waals surface area (Å²) in [5, 5.41) is 0. The van der Waals surface area contributed by atoms with Gasteiger partial charge in [-0.3, -0.25) is 4.79 Å². The minimum absolute atomic E-state index is 0.154. The van der Waals surface area contributed by atoms with E-state index in [9.17, 15) is 4.79 Å². The SMILES string of the molecule is C=CCc1cc(C(=O)CC)ccc1OCC1CCCO1. The second-order valence-electron chi connectivity index (χ2n) is 5.04. The highest BCUT2D eigenvalue weighted by Crippen LogP contribution is 2.23. The van der Waals surface area contributed by atoms with Crippen molar-refractivity contribution in [3.05, 3.63) is 42.0 Å². The van der Waals surface area contributed by atoms with Gasteiger partial charge in [0.2, 0.25) is 0 Å². The fraction of sp³-hybridized carbons (Fsp3) is 0.471. The standard InChI is InChI=1S/C17H22O3/c1-3-6-14-11-13(16(18)4-2)8-9-17(14)20-12-15-7-5-10-19-15/h3,8-9,11,15H,1,4-7,10,12H2,2H3. The molecule has 0 amide bonds. The Kier molecular flexibility index (Phi) is 5.36. The highest BCUT2D eigenvalue weighted by molar-refractivity contribution is 5.96. The first kappa shape index (κ1) is 14.8. The van der Waals surface area contributed by atoms with Gasteiger partial charge in [0.05, 0.1) is 6.10 Å². The molecule has 1 aliphatic rings. The first-order valence-corrected chi connectivity index (χ1v) is 7.26. The highest BCUT2D eigenvalue weighted by Gasteiger charge is 2.17. The van der Waals surface area contributed by atoms with Crippen molar-refractivity contribution in [2.75, 3.05) is 13.2 Å². The average Bonchev–Trinajstić information content (AvgIpc) is 2.98. The molecule has 0 aromatic heterocycles. The molecule has 0 bridgehead atoms. The number of ether oxygens (including phenoxy) is 2. The number of rotatable bonds is 7. The molecular formula is C17H22O3. The average molecular weight is 274 g/mol. The number of carbonyl (C=O) groups is 1. The van der Waals surface area contributed by atoms with Gasteiger partial charge in [-0.25, -0.2) is 0 Å². The lowest BCUT2D eigenvalue weighted by Gasteiger charge is -2.15. The van der Waals surface area contributed by atoms with E-state index in [2.05, 4.69) is 6.58 Å². The molecular weight excluding hydrogens is 252 g/mol. The van der Waals surface area contributed by atoms with Gasteiger partial charge in [-0.1, -0.05) is 13.0 Å². The Bertz CT molecular complexity index is 473. The van der Waals surface area contributed by atoms with Crippen molar-refractivity contribution in [3.63, 3.8) is 0 Å². The largest absolute Gasteiger partial charge is 0.491 e. The summed E-state index contributed by atoms with van der Waals surface area (Å²) in [6.07, 6.45) is 5.41. The van der Waals surface area contributed by atoms with Gasteiger partial charge in [0.15, 0.2) is 5.78 Å². The van der Waals surface area contributed by atoms with Gasteiger partial charge in [0.25, 0.3) is 0 Å². The number of benzene rings is 1. The molecule has 108 valence electrons. The minimum Gasteiger partial charge on any atom is -0.491 e. The van der Waals surface area contributed by atoms with Crippen LogP contribution in [0.15, 0.2) is 30.9 Å². The maximum atomic E-state index is 11.8. The third-order valence-electron chi connectivity index (χ3n) is 3.52. The summed E-state index contributed by atoms with van der Waals surface area (Å²) in [7, 11) is 0. The number of carbonyl (C=O) groups excluding carboxylic acids is 1. The smallest absolute Gasteiger partial charge is 0.162 e. The van der Waals surface area contributed by atoms with Crippen LogP contribution in [0.3, 0.4) is 0 Å². The quantitative estimate of drug-likeness (QED) is 0.563. The molecule has 3 heteroatoms. The minimum atomic E-state index is 0.154. The van der Waals surface area contributed by atoms with Crippen LogP contribution < -0.4 is 4.74 Å². The lowest BCUT2D eigenvalue weighted by molar-refractivity contribution is 0.0676. The van der Waals surface area contributed by atoms with Crippen LogP contribution in [0.25, 0.3) is 0 Å². The summed E-state index contributed by atoms with van der Waals surface area (Å²) in [5.41, 5.74) is 1.76. The van der Waals surface area contributed by atoms with Gasteiger partial charge in [-0.2, -0.15) is 0 Å². The zero-order valence-electron chi connectivity index (χ0n) is 12.1. The monoisotopic (exact) mass is 274 g/mol. The van der Waals surface area contributed by atoms with Crippen molar-refractivity contribution >= 4 is 5.78 Å². The van der Waals surface area contributed by atoms with E-state index in [1.165, 1.54) is 0 Å². The third-order valence-corrected chi connectivity index (χ3v) is 3.52. The summed E-state index contributed by atoms with van der Waals surface area (Å²) in [6, 6.07) is 5.64. The molecule has 1 aliphatic heterocycles. The summed E-state index contributed by atoms with van der Waals surface area (Å²) in [6.45, 7) is 7.04. The van der Waals surface area contributed by atoms with Crippen molar-refractivity contribution < 1.29 is 14.3 Å². The van der Waals surface area contributed by atoms with Gasteiger partial charge >= 0.3 is 0 Å². The predicted octanol–water partition coefficient (Wildman–Crippen LogP) is 3.57. The predicted molar refractivity (Wildman–Crippen MR) is 79.4 cm³/mol. The first-order valence-electron chi connectivity index (χ1n) is 7.26. The third kappa shape index (κ3) is 3.70. The zero-order valence-corrected chi connectivity index (χ0v) is 12.1. The van der Waals surface area contributed by atoms with E-state index >= 15 is 0 Å². The van der Waals surface area contributed by atoms with E-state index in [4.69, 9.17) is 9.47 Å². The van der Waals surface area contributed by atoms with E-state index in [0.29, 0.717) is 19.4 Å². The molecule has 0 N–H and O–H groups in total. The molecule has 3 nitrogen and oxygen atoms in total. The van der Waals surface area contributed by atoms with Gasteiger partial charge < -0.3 is 9.47 Å². The lowest BCUT2D eigenvalue weighted by Crippen LogP contribution is -2.17. The van der Waals surface area contributed by atoms with Crippen LogP contribution in [-0.4, -0.2) is 25.1 Å². The summed E-state index contributed by atoms with van der Waals surface area (Å²) in [4.78, 5) is 11.8. The molecule has 20 heavy (non-hydrogen) atoms. The summed E-state index contributed by atoms with van der Waals surface area (Å²) < 4.78 is 11.4. The van der Waals surface area contributed by atoms with Gasteiger partial charge in [0, 0.05) is 18.6 Å². The molecule has 1 aromatic rings. The van der Waals surface area contributed by atoms with Crippen LogP contribution in [0, 0.1) is 0 Å². The molecule has 1 saturated heterocycles. The Morgan fingerprint density at radius 2 is 2.40 bits per heavy atom. The van der Waals surface area contributed by atoms with E-state index in [0.717, 1.165) is 36.3 Å². The number of Topliss-reactive ketones (excluding diaryl/α,β-unsaturated/α-hetero) is 1. The normalized spacial score (nSPS) is 17.9. The lowest BCUT2D eigenvalue weighted by atomic mass is 10.0. The Labute approximate surface area is 120 Å². The Balaban J connectivity index is 2.09. The molecule has 2 rings (SSSR count). The van der Waals surface area contributed by atoms with Crippen molar-refractivity contribution in [1.82, 2.24) is 0 Å². The topological polar surface area (TPSA) is 35.5 Å². The van der Waals surface area contributed by atoms with Crippen molar-refractivity contribution in [3.8, 4) is 5.75 Å². The second kappa shape index (κ2) is 7.25. The van der Waals surface area contributed by atoms with Crippen LogP contribution in [0.4, 0.5) is 0 Å². The van der Waals surface area contributed by atoms with Crippen molar-refractivity contribution in [2.45, 2.75) is 38.7 Å². The van der Waals surface area contributed by atoms with Crippen LogP contribution in [-0.2, 0) is 11.2 Å². The Hall–Kier alpha value is -1.61. The summed E-state index contributed by atoms with van der Waals surface area (Å²) >= 11 is 0. The number of allylic oxidation sites excluding steroid dienone is 1. The van der Waals surface area contributed by atoms with Crippen LogP contribution in [0.1, 0.15) is 42.1 Å². The fourth-order valence-corrected chi connectivity index (χ4v) is 2.37. The molecule has 1 fully saturated rings. The summed E-state index contributed by atoms with van der Waals surface area (Å²) in [5.74, 6) is 0.981. The molecule has 0 aliphatic carbocycles. The maximum absolute atomic E-state index is 11.8. The Morgan fingerprint density at radius 1 is 1.55 bits per heavy atom. The van der Waals surface area contributed by atoms with Gasteiger partial charge in [0.1, 0.15) is 12.4 Å². The van der Waals surface area contributed by atoms with Crippen molar-refractivity contribution in [1.29, 1.82) is 0 Å².